The van der Waals surface area contributed by atoms with Gasteiger partial charge in [0.1, 0.15) is 0 Å². The first-order chi connectivity index (χ1) is 7.93. The monoisotopic (exact) mass is 256 g/mol. The highest BCUT2D eigenvalue weighted by Gasteiger charge is 2.13. The number of anilines is 1. The number of carboxylic acid groups (broad SMARTS) is 1. The molecule has 0 aliphatic carbocycles. The fourth-order valence-corrected chi connectivity index (χ4v) is 1.44. The van der Waals surface area contributed by atoms with Gasteiger partial charge in [0.05, 0.1) is 11.6 Å². The minimum absolute atomic E-state index is 0.0119. The van der Waals surface area contributed by atoms with Gasteiger partial charge >= 0.3 is 5.97 Å². The Bertz CT molecular complexity index is 448. The summed E-state index contributed by atoms with van der Waals surface area (Å²) in [5, 5.41) is 11.6. The number of carbonyl (C=O) groups is 2. The molecule has 1 rings (SSSR count). The predicted octanol–water partition coefficient (Wildman–Crippen LogP) is 1.71. The Hall–Kier alpha value is -1.59. The molecule has 0 bridgehead atoms. The van der Waals surface area contributed by atoms with E-state index in [4.69, 9.17) is 22.4 Å². The summed E-state index contributed by atoms with van der Waals surface area (Å²) in [4.78, 5) is 22.3. The molecule has 0 fully saturated rings. The number of nitrogens with one attached hydrogen (secondary N) is 1. The molecule has 1 unspecified atom stereocenters. The largest absolute Gasteiger partial charge is 0.478 e. The molecule has 5 nitrogen and oxygen atoms in total. The number of nitrogens with two attached hydrogens (primary N) is 1. The van der Waals surface area contributed by atoms with E-state index in [0.717, 1.165) is 0 Å². The Balaban J connectivity index is 2.92. The quantitative estimate of drug-likeness (QED) is 0.765. The second kappa shape index (κ2) is 5.65. The summed E-state index contributed by atoms with van der Waals surface area (Å²) in [6.07, 6.45) is 0.498. The van der Waals surface area contributed by atoms with Crippen molar-refractivity contribution in [2.45, 2.75) is 19.4 Å². The molecule has 0 aliphatic rings. The minimum Gasteiger partial charge on any atom is -0.478 e. The van der Waals surface area contributed by atoms with Crippen molar-refractivity contribution in [3.05, 3.63) is 28.8 Å². The summed E-state index contributed by atoms with van der Waals surface area (Å²) in [6.45, 7) is 1.78. The van der Waals surface area contributed by atoms with Crippen molar-refractivity contribution in [2.24, 2.45) is 5.73 Å². The van der Waals surface area contributed by atoms with Gasteiger partial charge < -0.3 is 16.2 Å². The maximum absolute atomic E-state index is 11.5. The molecule has 0 radical (unpaired) electrons. The van der Waals surface area contributed by atoms with Crippen LogP contribution in [0.15, 0.2) is 18.2 Å². The van der Waals surface area contributed by atoms with Crippen LogP contribution in [0.5, 0.6) is 0 Å². The normalized spacial score (nSPS) is 11.9. The highest BCUT2D eigenvalue weighted by Crippen LogP contribution is 2.19. The maximum Gasteiger partial charge on any atom is 0.335 e. The molecule has 0 aliphatic heterocycles. The number of carboxylic acids is 1. The molecular formula is C11H13ClN2O3. The molecule has 1 aromatic carbocycles. The van der Waals surface area contributed by atoms with Gasteiger partial charge in [-0.25, -0.2) is 4.79 Å². The smallest absolute Gasteiger partial charge is 0.335 e. The van der Waals surface area contributed by atoms with E-state index in [-0.39, 0.29) is 16.5 Å². The predicted molar refractivity (Wildman–Crippen MR) is 65.3 cm³/mol. The number of halogens is 1. The average Bonchev–Trinajstić information content (AvgIpc) is 2.26. The molecule has 0 saturated carbocycles. The molecule has 1 amide bonds. The lowest BCUT2D eigenvalue weighted by atomic mass is 10.2. The van der Waals surface area contributed by atoms with E-state index in [1.807, 2.05) is 0 Å². The van der Waals surface area contributed by atoms with Crippen molar-refractivity contribution in [1.29, 1.82) is 0 Å². The number of rotatable bonds is 4. The standard InChI is InChI=1S/C11H13ClN2O3/c1-2-9(13)10(15)14-8-4-6(11(16)17)3-7(12)5-8/h3-5,9H,2,13H2,1H3,(H,14,15)(H,16,17). The van der Waals surface area contributed by atoms with E-state index < -0.39 is 12.0 Å². The molecule has 17 heavy (non-hydrogen) atoms. The molecule has 0 saturated heterocycles. The first-order valence-electron chi connectivity index (χ1n) is 5.04. The van der Waals surface area contributed by atoms with Gasteiger partial charge in [0.25, 0.3) is 0 Å². The Kier molecular flexibility index (Phi) is 4.48. The summed E-state index contributed by atoms with van der Waals surface area (Å²) < 4.78 is 0. The van der Waals surface area contributed by atoms with E-state index in [2.05, 4.69) is 5.32 Å². The molecule has 92 valence electrons. The maximum atomic E-state index is 11.5. The van der Waals surface area contributed by atoms with Crippen molar-refractivity contribution in [3.8, 4) is 0 Å². The van der Waals surface area contributed by atoms with Crippen molar-refractivity contribution in [2.75, 3.05) is 5.32 Å². The van der Waals surface area contributed by atoms with Crippen LogP contribution in [0.4, 0.5) is 5.69 Å². The van der Waals surface area contributed by atoms with Crippen LogP contribution in [0.2, 0.25) is 5.02 Å². The number of benzene rings is 1. The lowest BCUT2D eigenvalue weighted by molar-refractivity contribution is -0.117. The Labute approximate surface area is 104 Å². The van der Waals surface area contributed by atoms with Crippen LogP contribution in [-0.2, 0) is 4.79 Å². The van der Waals surface area contributed by atoms with Gasteiger partial charge in [-0.15, -0.1) is 0 Å². The summed E-state index contributed by atoms with van der Waals surface area (Å²) >= 11 is 5.75. The first kappa shape index (κ1) is 13.5. The molecule has 0 aromatic heterocycles. The average molecular weight is 257 g/mol. The van der Waals surface area contributed by atoms with Gasteiger partial charge in [-0.3, -0.25) is 4.79 Å². The second-order valence-electron chi connectivity index (χ2n) is 3.54. The molecule has 0 spiro atoms. The third kappa shape index (κ3) is 3.72. The van der Waals surface area contributed by atoms with Gasteiger partial charge in [-0.2, -0.15) is 0 Å². The second-order valence-corrected chi connectivity index (χ2v) is 3.97. The fourth-order valence-electron chi connectivity index (χ4n) is 1.21. The van der Waals surface area contributed by atoms with E-state index in [1.54, 1.807) is 6.92 Å². The third-order valence-corrected chi connectivity index (χ3v) is 2.41. The summed E-state index contributed by atoms with van der Waals surface area (Å²) in [5.41, 5.74) is 5.87. The van der Waals surface area contributed by atoms with Gasteiger partial charge in [0.15, 0.2) is 0 Å². The van der Waals surface area contributed by atoms with Crippen LogP contribution >= 0.6 is 11.6 Å². The first-order valence-corrected chi connectivity index (χ1v) is 5.42. The van der Waals surface area contributed by atoms with Gasteiger partial charge in [-0.05, 0) is 24.6 Å². The minimum atomic E-state index is -1.11. The van der Waals surface area contributed by atoms with Gasteiger partial charge in [0.2, 0.25) is 5.91 Å². The van der Waals surface area contributed by atoms with Crippen LogP contribution in [-0.4, -0.2) is 23.0 Å². The van der Waals surface area contributed by atoms with E-state index in [1.165, 1.54) is 18.2 Å². The zero-order valence-corrected chi connectivity index (χ0v) is 9.99. The molecule has 6 heteroatoms. The van der Waals surface area contributed by atoms with Crippen molar-refractivity contribution >= 4 is 29.2 Å². The summed E-state index contributed by atoms with van der Waals surface area (Å²) in [6, 6.07) is 3.48. The number of carbonyl (C=O) groups excluding carboxylic acids is 1. The van der Waals surface area contributed by atoms with E-state index >= 15 is 0 Å². The Morgan fingerprint density at radius 1 is 1.47 bits per heavy atom. The number of hydrogen-bond donors (Lipinski definition) is 3. The zero-order valence-electron chi connectivity index (χ0n) is 9.24. The van der Waals surface area contributed by atoms with Gasteiger partial charge in [-0.1, -0.05) is 18.5 Å². The Morgan fingerprint density at radius 2 is 2.12 bits per heavy atom. The zero-order chi connectivity index (χ0) is 13.0. The van der Waals surface area contributed by atoms with Crippen LogP contribution in [0, 0.1) is 0 Å². The number of aromatic carboxylic acids is 1. The lowest BCUT2D eigenvalue weighted by Crippen LogP contribution is -2.34. The number of amides is 1. The molecular weight excluding hydrogens is 244 g/mol. The van der Waals surface area contributed by atoms with Gasteiger partial charge in [0, 0.05) is 10.7 Å². The molecule has 4 N–H and O–H groups in total. The van der Waals surface area contributed by atoms with Crippen LogP contribution in [0.3, 0.4) is 0 Å². The lowest BCUT2D eigenvalue weighted by Gasteiger charge is -2.10. The Morgan fingerprint density at radius 3 is 2.65 bits per heavy atom. The topological polar surface area (TPSA) is 92.4 Å². The van der Waals surface area contributed by atoms with Crippen molar-refractivity contribution in [3.63, 3.8) is 0 Å². The van der Waals surface area contributed by atoms with Crippen LogP contribution in [0.25, 0.3) is 0 Å². The fraction of sp³-hybridized carbons (Fsp3) is 0.273. The number of hydrogen-bond acceptors (Lipinski definition) is 3. The summed E-state index contributed by atoms with van der Waals surface area (Å²) in [5.74, 6) is -1.48. The van der Waals surface area contributed by atoms with Crippen LogP contribution < -0.4 is 11.1 Å². The molecule has 0 heterocycles. The van der Waals surface area contributed by atoms with E-state index in [9.17, 15) is 9.59 Å². The summed E-state index contributed by atoms with van der Waals surface area (Å²) in [7, 11) is 0. The molecule has 1 aromatic rings. The highest BCUT2D eigenvalue weighted by molar-refractivity contribution is 6.31. The SMILES string of the molecule is CCC(N)C(=O)Nc1cc(Cl)cc(C(=O)O)c1. The highest BCUT2D eigenvalue weighted by atomic mass is 35.5. The van der Waals surface area contributed by atoms with Crippen LogP contribution in [0.1, 0.15) is 23.7 Å². The van der Waals surface area contributed by atoms with Crippen molar-refractivity contribution in [1.82, 2.24) is 0 Å². The molecule has 1 atom stereocenters. The van der Waals surface area contributed by atoms with E-state index in [0.29, 0.717) is 12.1 Å². The van der Waals surface area contributed by atoms with Crippen molar-refractivity contribution < 1.29 is 14.7 Å². The third-order valence-electron chi connectivity index (χ3n) is 2.19.